The lowest BCUT2D eigenvalue weighted by Gasteiger charge is -1.84. The molecule has 0 radical (unpaired) electrons. The number of hydrogen-bond acceptors (Lipinski definition) is 3. The molecule has 9 heavy (non-hydrogen) atoms. The molecule has 0 atom stereocenters. The molecule has 4 nitrogen and oxygen atoms in total. The fraction of sp³-hybridized carbons (Fsp3) is 0. The molecule has 0 N–H and O–H groups in total. The van der Waals surface area contributed by atoms with Crippen LogP contribution in [0.15, 0.2) is 17.6 Å². The van der Waals surface area contributed by atoms with Crippen LogP contribution in [0.4, 0.5) is 0 Å². The van der Waals surface area contributed by atoms with Gasteiger partial charge in [-0.25, -0.2) is 4.79 Å². The van der Waals surface area contributed by atoms with Crippen molar-refractivity contribution >= 4 is 17.8 Å². The second kappa shape index (κ2) is 1.81. The van der Waals surface area contributed by atoms with E-state index in [4.69, 9.17) is 0 Å². The zero-order valence-corrected chi connectivity index (χ0v) is 4.46. The Balaban J connectivity index is 2.85. The first-order valence-corrected chi connectivity index (χ1v) is 2.21. The molecule has 0 fully saturated rings. The molecule has 0 spiro atoms. The molecule has 0 aliphatic carbocycles. The van der Waals surface area contributed by atoms with Crippen LogP contribution in [0.5, 0.6) is 0 Å². The van der Waals surface area contributed by atoms with Gasteiger partial charge in [-0.3, -0.25) is 4.79 Å². The molecule has 0 aromatic heterocycles. The fourth-order valence-electron chi connectivity index (χ4n) is 0.394. The predicted octanol–water partition coefficient (Wildman–Crippen LogP) is -0.346. The minimum atomic E-state index is -0.940. The van der Waals surface area contributed by atoms with Crippen LogP contribution in [0, 0.1) is 0 Å². The zero-order chi connectivity index (χ0) is 6.85. The van der Waals surface area contributed by atoms with E-state index < -0.39 is 11.9 Å². The van der Waals surface area contributed by atoms with Crippen LogP contribution in [-0.2, 0) is 14.3 Å². The van der Waals surface area contributed by atoms with Crippen molar-refractivity contribution in [2.24, 2.45) is 4.99 Å². The Morgan fingerprint density at radius 3 is 2.44 bits per heavy atom. The third-order valence-electron chi connectivity index (χ3n) is 0.758. The van der Waals surface area contributed by atoms with Crippen LogP contribution in [0.2, 0.25) is 0 Å². The molecule has 1 heterocycles. The second-order valence-electron chi connectivity index (χ2n) is 1.35. The van der Waals surface area contributed by atoms with E-state index in [0.717, 1.165) is 0 Å². The van der Waals surface area contributed by atoms with Crippen LogP contribution in [0.3, 0.4) is 0 Å². The molecular weight excluding hydrogens is 122 g/mol. The lowest BCUT2D eigenvalue weighted by atomic mass is 10.6. The van der Waals surface area contributed by atoms with E-state index in [1.54, 1.807) is 0 Å². The van der Waals surface area contributed by atoms with Gasteiger partial charge in [-0.15, -0.1) is 0 Å². The Labute approximate surface area is 50.8 Å². The Morgan fingerprint density at radius 2 is 2.22 bits per heavy atom. The Morgan fingerprint density at radius 1 is 1.56 bits per heavy atom. The van der Waals surface area contributed by atoms with Crippen molar-refractivity contribution in [3.05, 3.63) is 12.7 Å². The Bertz CT molecular complexity index is 216. The smallest absolute Gasteiger partial charge is 0.400 e. The van der Waals surface area contributed by atoms with E-state index >= 15 is 0 Å². The molecule has 0 aromatic rings. The first-order valence-electron chi connectivity index (χ1n) is 2.21. The van der Waals surface area contributed by atoms with Crippen molar-refractivity contribution in [2.45, 2.75) is 0 Å². The van der Waals surface area contributed by atoms with Crippen molar-refractivity contribution in [1.29, 1.82) is 0 Å². The van der Waals surface area contributed by atoms with Crippen LogP contribution in [-0.4, -0.2) is 17.8 Å². The standard InChI is InChI=1S/C5H3NO3/c1-2-3-6-4(7)5(8)9-3/h2H,1H2. The van der Waals surface area contributed by atoms with Crippen molar-refractivity contribution in [3.63, 3.8) is 0 Å². The normalized spacial score (nSPS) is 17.1. The van der Waals surface area contributed by atoms with E-state index in [0.29, 0.717) is 0 Å². The first kappa shape index (κ1) is 5.68. The summed E-state index contributed by atoms with van der Waals surface area (Å²) in [5.74, 6) is -1.83. The molecule has 4 heteroatoms. The summed E-state index contributed by atoms with van der Waals surface area (Å²) >= 11 is 0. The number of carbonyl (C=O) groups is 2. The van der Waals surface area contributed by atoms with Crippen molar-refractivity contribution in [3.8, 4) is 0 Å². The van der Waals surface area contributed by atoms with E-state index in [1.165, 1.54) is 6.08 Å². The second-order valence-corrected chi connectivity index (χ2v) is 1.35. The lowest BCUT2D eigenvalue weighted by Crippen LogP contribution is -2.06. The number of amides is 1. The molecule has 1 aliphatic heterocycles. The van der Waals surface area contributed by atoms with E-state index in [1.807, 2.05) is 0 Å². The van der Waals surface area contributed by atoms with Gasteiger partial charge in [-0.2, -0.15) is 4.99 Å². The average molecular weight is 125 g/mol. The number of ether oxygens (including phenoxy) is 1. The summed E-state index contributed by atoms with van der Waals surface area (Å²) in [5, 5.41) is 0. The van der Waals surface area contributed by atoms with Gasteiger partial charge in [0, 0.05) is 0 Å². The Hall–Kier alpha value is -1.45. The largest absolute Gasteiger partial charge is 0.406 e. The molecule has 1 aliphatic rings. The first-order chi connectivity index (χ1) is 4.24. The fourth-order valence-corrected chi connectivity index (χ4v) is 0.394. The summed E-state index contributed by atoms with van der Waals surface area (Å²) in [4.78, 5) is 23.6. The van der Waals surface area contributed by atoms with Crippen LogP contribution in [0.1, 0.15) is 0 Å². The van der Waals surface area contributed by atoms with Gasteiger partial charge in [-0.1, -0.05) is 6.58 Å². The molecule has 0 aromatic carbocycles. The number of cyclic esters (lactones) is 1. The number of nitrogens with zero attached hydrogens (tertiary/aromatic N) is 1. The zero-order valence-electron chi connectivity index (χ0n) is 4.46. The third-order valence-corrected chi connectivity index (χ3v) is 0.758. The highest BCUT2D eigenvalue weighted by atomic mass is 16.6. The van der Waals surface area contributed by atoms with E-state index in [-0.39, 0.29) is 5.90 Å². The maximum atomic E-state index is 10.2. The summed E-state index contributed by atoms with van der Waals surface area (Å²) in [7, 11) is 0. The van der Waals surface area contributed by atoms with Crippen molar-refractivity contribution in [1.82, 2.24) is 0 Å². The van der Waals surface area contributed by atoms with Gasteiger partial charge in [0.25, 0.3) is 0 Å². The lowest BCUT2D eigenvalue weighted by molar-refractivity contribution is -0.145. The molecule has 0 bridgehead atoms. The van der Waals surface area contributed by atoms with Gasteiger partial charge in [0.15, 0.2) is 0 Å². The minimum Gasteiger partial charge on any atom is -0.400 e. The number of hydrogen-bond donors (Lipinski definition) is 0. The van der Waals surface area contributed by atoms with Gasteiger partial charge < -0.3 is 4.74 Å². The molecule has 0 saturated carbocycles. The molecule has 1 rings (SSSR count). The maximum Gasteiger partial charge on any atom is 0.406 e. The van der Waals surface area contributed by atoms with Gasteiger partial charge in [-0.05, 0) is 6.08 Å². The SMILES string of the molecule is C=CC1=NC(=O)C(=O)O1. The van der Waals surface area contributed by atoms with Crippen molar-refractivity contribution in [2.75, 3.05) is 0 Å². The quantitative estimate of drug-likeness (QED) is 0.355. The molecule has 0 unspecified atom stereocenters. The summed E-state index contributed by atoms with van der Waals surface area (Å²) in [6.07, 6.45) is 1.20. The molecule has 1 amide bonds. The van der Waals surface area contributed by atoms with Crippen LogP contribution >= 0.6 is 0 Å². The van der Waals surface area contributed by atoms with Gasteiger partial charge in [0.2, 0.25) is 5.90 Å². The number of esters is 1. The number of rotatable bonds is 1. The van der Waals surface area contributed by atoms with Crippen LogP contribution in [0.25, 0.3) is 0 Å². The topological polar surface area (TPSA) is 55.7 Å². The number of carbonyl (C=O) groups excluding carboxylic acids is 2. The maximum absolute atomic E-state index is 10.2. The molecule has 0 saturated heterocycles. The monoisotopic (exact) mass is 125 g/mol. The van der Waals surface area contributed by atoms with Crippen LogP contribution < -0.4 is 0 Å². The van der Waals surface area contributed by atoms with Crippen molar-refractivity contribution < 1.29 is 14.3 Å². The van der Waals surface area contributed by atoms with E-state index in [2.05, 4.69) is 16.3 Å². The highest BCUT2D eigenvalue weighted by molar-refractivity contribution is 6.40. The number of aliphatic imine (C=N–C) groups is 1. The molecule has 46 valence electrons. The summed E-state index contributed by atoms with van der Waals surface area (Å²) in [5.41, 5.74) is 0. The van der Waals surface area contributed by atoms with Gasteiger partial charge in [0.05, 0.1) is 0 Å². The third kappa shape index (κ3) is 0.861. The summed E-state index contributed by atoms with van der Waals surface area (Å²) in [6, 6.07) is 0. The van der Waals surface area contributed by atoms with Gasteiger partial charge >= 0.3 is 11.9 Å². The average Bonchev–Trinajstić information content (AvgIpc) is 2.13. The Kier molecular flexibility index (Phi) is 1.14. The highest BCUT2D eigenvalue weighted by Crippen LogP contribution is 1.97. The highest BCUT2D eigenvalue weighted by Gasteiger charge is 2.23. The summed E-state index contributed by atoms with van der Waals surface area (Å²) in [6.45, 7) is 3.25. The predicted molar refractivity (Wildman–Crippen MR) is 28.7 cm³/mol. The minimum absolute atomic E-state index is 0.0231. The van der Waals surface area contributed by atoms with Gasteiger partial charge in [0.1, 0.15) is 0 Å². The molecular formula is C5H3NO3. The summed E-state index contributed by atoms with van der Waals surface area (Å²) < 4.78 is 4.27. The van der Waals surface area contributed by atoms with E-state index in [9.17, 15) is 9.59 Å².